The zero-order chi connectivity index (χ0) is 18.8. The molecule has 1 amide bonds. The van der Waals surface area contributed by atoms with Gasteiger partial charge in [-0.15, -0.1) is 0 Å². The number of likely N-dealkylation sites (tertiary alicyclic amines) is 1. The molecule has 1 saturated heterocycles. The summed E-state index contributed by atoms with van der Waals surface area (Å²) < 4.78 is 5.52. The van der Waals surface area contributed by atoms with Gasteiger partial charge in [0, 0.05) is 29.2 Å². The molecule has 0 spiro atoms. The predicted molar refractivity (Wildman–Crippen MR) is 104 cm³/mol. The van der Waals surface area contributed by atoms with Crippen LogP contribution in [-0.2, 0) is 0 Å². The number of piperidine rings is 1. The lowest BCUT2D eigenvalue weighted by molar-refractivity contribution is 0.0695. The van der Waals surface area contributed by atoms with Crippen LogP contribution in [0.2, 0.25) is 5.02 Å². The number of benzene rings is 2. The van der Waals surface area contributed by atoms with Crippen LogP contribution >= 0.6 is 11.6 Å². The molecule has 3 aromatic rings. The Labute approximate surface area is 163 Å². The molecule has 5 nitrogen and oxygen atoms in total. The number of hydrogen-bond donors (Lipinski definition) is 0. The number of rotatable bonds is 3. The standard InChI is InChI=1S/C21H20ClN3O2/c1-14-7-9-15(10-8-14)19-23-20(27-24-19)17-5-3-11-25(13-17)21(26)16-4-2-6-18(22)12-16/h2,4,6-10,12,17H,3,5,11,13H2,1H3. The third-order valence-electron chi connectivity index (χ3n) is 4.88. The van der Waals surface area contributed by atoms with Gasteiger partial charge in [-0.1, -0.05) is 52.7 Å². The van der Waals surface area contributed by atoms with Crippen LogP contribution < -0.4 is 0 Å². The van der Waals surface area contributed by atoms with Crippen LogP contribution in [0.1, 0.15) is 40.6 Å². The molecular weight excluding hydrogens is 362 g/mol. The van der Waals surface area contributed by atoms with E-state index in [-0.39, 0.29) is 11.8 Å². The van der Waals surface area contributed by atoms with Gasteiger partial charge in [-0.2, -0.15) is 4.98 Å². The van der Waals surface area contributed by atoms with Gasteiger partial charge in [-0.05, 0) is 38.0 Å². The minimum Gasteiger partial charge on any atom is -0.339 e. The molecule has 0 N–H and O–H groups in total. The molecule has 1 fully saturated rings. The van der Waals surface area contributed by atoms with Crippen molar-refractivity contribution in [3.05, 3.63) is 70.6 Å². The highest BCUT2D eigenvalue weighted by atomic mass is 35.5. The number of carbonyl (C=O) groups is 1. The summed E-state index contributed by atoms with van der Waals surface area (Å²) in [6, 6.07) is 15.1. The maximum Gasteiger partial charge on any atom is 0.253 e. The molecule has 2 aromatic carbocycles. The maximum atomic E-state index is 12.8. The van der Waals surface area contributed by atoms with Crippen molar-refractivity contribution in [2.75, 3.05) is 13.1 Å². The van der Waals surface area contributed by atoms with Crippen LogP contribution in [0.5, 0.6) is 0 Å². The van der Waals surface area contributed by atoms with Crippen LogP contribution in [0.4, 0.5) is 0 Å². The fourth-order valence-electron chi connectivity index (χ4n) is 3.39. The Bertz CT molecular complexity index is 952. The Morgan fingerprint density at radius 2 is 2.04 bits per heavy atom. The van der Waals surface area contributed by atoms with E-state index in [9.17, 15) is 4.79 Å². The summed E-state index contributed by atoms with van der Waals surface area (Å²) in [6.07, 6.45) is 1.83. The molecule has 1 aliphatic rings. The number of aryl methyl sites for hydroxylation is 1. The Hall–Kier alpha value is -2.66. The minimum atomic E-state index is -0.0135. The fraction of sp³-hybridized carbons (Fsp3) is 0.286. The first kappa shape index (κ1) is 17.7. The number of nitrogens with zero attached hydrogens (tertiary/aromatic N) is 3. The van der Waals surface area contributed by atoms with Crippen molar-refractivity contribution in [1.29, 1.82) is 0 Å². The first-order chi connectivity index (χ1) is 13.1. The number of halogens is 1. The van der Waals surface area contributed by atoms with E-state index in [4.69, 9.17) is 16.1 Å². The molecule has 138 valence electrons. The van der Waals surface area contributed by atoms with Crippen molar-refractivity contribution in [1.82, 2.24) is 15.0 Å². The Morgan fingerprint density at radius 1 is 1.22 bits per heavy atom. The Kier molecular flexibility index (Phi) is 4.94. The van der Waals surface area contributed by atoms with Gasteiger partial charge >= 0.3 is 0 Å². The molecule has 27 heavy (non-hydrogen) atoms. The van der Waals surface area contributed by atoms with Crippen LogP contribution in [0.15, 0.2) is 53.1 Å². The van der Waals surface area contributed by atoms with Gasteiger partial charge in [-0.3, -0.25) is 4.79 Å². The van der Waals surface area contributed by atoms with E-state index in [0.717, 1.165) is 24.9 Å². The molecule has 0 radical (unpaired) electrons. The highest BCUT2D eigenvalue weighted by Gasteiger charge is 2.29. The lowest BCUT2D eigenvalue weighted by Gasteiger charge is -2.31. The van der Waals surface area contributed by atoms with Crippen LogP contribution in [-0.4, -0.2) is 34.0 Å². The minimum absolute atomic E-state index is 0.0135. The SMILES string of the molecule is Cc1ccc(-c2noc(C3CCCN(C(=O)c4cccc(Cl)c4)C3)n2)cc1. The molecule has 1 aromatic heterocycles. The second-order valence-corrected chi connectivity index (χ2v) is 7.36. The molecule has 0 bridgehead atoms. The predicted octanol–water partition coefficient (Wildman–Crippen LogP) is 4.72. The first-order valence-electron chi connectivity index (χ1n) is 9.05. The number of aromatic nitrogens is 2. The average Bonchev–Trinajstić information content (AvgIpc) is 3.18. The Balaban J connectivity index is 1.50. The Morgan fingerprint density at radius 3 is 2.81 bits per heavy atom. The van der Waals surface area contributed by atoms with Crippen LogP contribution in [0.3, 0.4) is 0 Å². The highest BCUT2D eigenvalue weighted by molar-refractivity contribution is 6.30. The summed E-state index contributed by atoms with van der Waals surface area (Å²) in [5, 5.41) is 4.69. The second kappa shape index (κ2) is 7.53. The summed E-state index contributed by atoms with van der Waals surface area (Å²) in [5.41, 5.74) is 2.72. The third kappa shape index (κ3) is 3.88. The van der Waals surface area contributed by atoms with E-state index in [1.54, 1.807) is 24.3 Å². The monoisotopic (exact) mass is 381 g/mol. The molecule has 1 unspecified atom stereocenters. The third-order valence-corrected chi connectivity index (χ3v) is 5.12. The number of hydrogen-bond acceptors (Lipinski definition) is 4. The maximum absolute atomic E-state index is 12.8. The normalized spacial score (nSPS) is 17.1. The zero-order valence-electron chi connectivity index (χ0n) is 15.1. The average molecular weight is 382 g/mol. The van der Waals surface area contributed by atoms with Crippen molar-refractivity contribution in [3.63, 3.8) is 0 Å². The van der Waals surface area contributed by atoms with Gasteiger partial charge < -0.3 is 9.42 Å². The second-order valence-electron chi connectivity index (χ2n) is 6.92. The summed E-state index contributed by atoms with van der Waals surface area (Å²) in [4.78, 5) is 19.2. The molecule has 2 heterocycles. The van der Waals surface area contributed by atoms with E-state index in [0.29, 0.717) is 28.8 Å². The van der Waals surface area contributed by atoms with Gasteiger partial charge in [0.25, 0.3) is 5.91 Å². The number of carbonyl (C=O) groups excluding carboxylic acids is 1. The molecular formula is C21H20ClN3O2. The lowest BCUT2D eigenvalue weighted by Crippen LogP contribution is -2.39. The van der Waals surface area contributed by atoms with Crippen molar-refractivity contribution >= 4 is 17.5 Å². The van der Waals surface area contributed by atoms with Crippen molar-refractivity contribution in [2.24, 2.45) is 0 Å². The first-order valence-corrected chi connectivity index (χ1v) is 9.43. The fourth-order valence-corrected chi connectivity index (χ4v) is 3.58. The summed E-state index contributed by atoms with van der Waals surface area (Å²) >= 11 is 6.02. The van der Waals surface area contributed by atoms with E-state index in [1.165, 1.54) is 5.56 Å². The van der Waals surface area contributed by atoms with Gasteiger partial charge in [0.1, 0.15) is 0 Å². The zero-order valence-corrected chi connectivity index (χ0v) is 15.8. The van der Waals surface area contributed by atoms with Crippen molar-refractivity contribution in [2.45, 2.75) is 25.7 Å². The van der Waals surface area contributed by atoms with Gasteiger partial charge in [0.05, 0.1) is 5.92 Å². The van der Waals surface area contributed by atoms with Crippen LogP contribution in [0.25, 0.3) is 11.4 Å². The van der Waals surface area contributed by atoms with Gasteiger partial charge in [0.15, 0.2) is 0 Å². The largest absolute Gasteiger partial charge is 0.339 e. The van der Waals surface area contributed by atoms with E-state index in [1.807, 2.05) is 36.1 Å². The van der Waals surface area contributed by atoms with Gasteiger partial charge in [-0.25, -0.2) is 0 Å². The molecule has 6 heteroatoms. The van der Waals surface area contributed by atoms with E-state index in [2.05, 4.69) is 10.1 Å². The molecule has 0 aliphatic carbocycles. The van der Waals surface area contributed by atoms with Gasteiger partial charge in [0.2, 0.25) is 11.7 Å². The lowest BCUT2D eigenvalue weighted by atomic mass is 9.97. The molecule has 4 rings (SSSR count). The summed E-state index contributed by atoms with van der Waals surface area (Å²) in [7, 11) is 0. The smallest absolute Gasteiger partial charge is 0.253 e. The number of amides is 1. The topological polar surface area (TPSA) is 59.2 Å². The van der Waals surface area contributed by atoms with Crippen molar-refractivity contribution in [3.8, 4) is 11.4 Å². The van der Waals surface area contributed by atoms with Crippen molar-refractivity contribution < 1.29 is 9.32 Å². The summed E-state index contributed by atoms with van der Waals surface area (Å²) in [5.74, 6) is 1.21. The molecule has 1 aliphatic heterocycles. The van der Waals surface area contributed by atoms with Crippen LogP contribution in [0, 0.1) is 6.92 Å². The highest BCUT2D eigenvalue weighted by Crippen LogP contribution is 2.28. The quantitative estimate of drug-likeness (QED) is 0.658. The van der Waals surface area contributed by atoms with E-state index < -0.39 is 0 Å². The van der Waals surface area contributed by atoms with E-state index >= 15 is 0 Å². The summed E-state index contributed by atoms with van der Waals surface area (Å²) in [6.45, 7) is 3.33. The molecule has 1 atom stereocenters. The molecule has 0 saturated carbocycles.